The fourth-order valence-electron chi connectivity index (χ4n) is 1.27. The summed E-state index contributed by atoms with van der Waals surface area (Å²) in [5.74, 6) is 0.640. The highest BCUT2D eigenvalue weighted by Gasteiger charge is 2.13. The van der Waals surface area contributed by atoms with Crippen molar-refractivity contribution in [1.82, 2.24) is 5.32 Å². The maximum absolute atomic E-state index is 4.46. The zero-order chi connectivity index (χ0) is 9.40. The van der Waals surface area contributed by atoms with Crippen LogP contribution in [0.2, 0.25) is 0 Å². The van der Waals surface area contributed by atoms with Crippen molar-refractivity contribution >= 4 is 28.8 Å². The third-order valence-electron chi connectivity index (χ3n) is 1.93. The van der Waals surface area contributed by atoms with Gasteiger partial charge in [-0.2, -0.15) is 0 Å². The predicted octanol–water partition coefficient (Wildman–Crippen LogP) is 2.13. The van der Waals surface area contributed by atoms with E-state index < -0.39 is 0 Å². The fraction of sp³-hybridized carbons (Fsp3) is 0.889. The van der Waals surface area contributed by atoms with Crippen molar-refractivity contribution in [2.24, 2.45) is 10.9 Å². The van der Waals surface area contributed by atoms with Crippen molar-refractivity contribution in [3.05, 3.63) is 0 Å². The molecule has 0 bridgehead atoms. The van der Waals surface area contributed by atoms with E-state index >= 15 is 0 Å². The van der Waals surface area contributed by atoms with E-state index in [-0.39, 0.29) is 0 Å². The minimum atomic E-state index is 0.499. The van der Waals surface area contributed by atoms with Gasteiger partial charge in [0.25, 0.3) is 0 Å². The van der Waals surface area contributed by atoms with Gasteiger partial charge in [0.1, 0.15) is 0 Å². The lowest BCUT2D eigenvalue weighted by atomic mass is 10.0. The van der Waals surface area contributed by atoms with Gasteiger partial charge in [0.2, 0.25) is 0 Å². The van der Waals surface area contributed by atoms with Crippen LogP contribution >= 0.6 is 22.6 Å². The molecule has 12 heavy (non-hydrogen) atoms. The highest BCUT2D eigenvalue weighted by atomic mass is 127. The molecule has 0 aromatic rings. The smallest absolute Gasteiger partial charge is 0.0540 e. The van der Waals surface area contributed by atoms with Crippen LogP contribution in [0, 0.1) is 5.92 Å². The molecule has 0 aliphatic carbocycles. The van der Waals surface area contributed by atoms with Crippen LogP contribution in [-0.4, -0.2) is 30.3 Å². The lowest BCUT2D eigenvalue weighted by molar-refractivity contribution is 0.435. The van der Waals surface area contributed by atoms with Crippen LogP contribution in [0.25, 0.3) is 0 Å². The summed E-state index contributed by atoms with van der Waals surface area (Å²) in [6.45, 7) is 5.30. The van der Waals surface area contributed by atoms with E-state index in [0.717, 1.165) is 6.54 Å². The SMILES string of the molecule is C/C=N\C(CCI)C(C)CNC. The van der Waals surface area contributed by atoms with Crippen molar-refractivity contribution in [1.29, 1.82) is 0 Å². The van der Waals surface area contributed by atoms with Gasteiger partial charge in [0, 0.05) is 4.43 Å². The van der Waals surface area contributed by atoms with E-state index in [4.69, 9.17) is 0 Å². The molecular formula is C9H19IN2. The number of nitrogens with zero attached hydrogens (tertiary/aromatic N) is 1. The molecule has 0 amide bonds. The molecule has 2 unspecified atom stereocenters. The van der Waals surface area contributed by atoms with Gasteiger partial charge in [-0.1, -0.05) is 29.5 Å². The minimum Gasteiger partial charge on any atom is -0.319 e. The number of nitrogens with one attached hydrogen (secondary N) is 1. The van der Waals surface area contributed by atoms with Crippen LogP contribution in [0.1, 0.15) is 20.3 Å². The Morgan fingerprint density at radius 1 is 1.58 bits per heavy atom. The Bertz CT molecular complexity index is 126. The second kappa shape index (κ2) is 7.98. The van der Waals surface area contributed by atoms with Gasteiger partial charge in [-0.15, -0.1) is 0 Å². The third-order valence-corrected chi connectivity index (χ3v) is 2.55. The summed E-state index contributed by atoms with van der Waals surface area (Å²) in [5.41, 5.74) is 0. The Hall–Kier alpha value is 0.360. The maximum atomic E-state index is 4.46. The molecule has 0 spiro atoms. The normalized spacial score (nSPS) is 16.7. The standard InChI is InChI=1S/C9H19IN2/c1-4-12-9(5-6-10)8(2)7-11-3/h4,8-9,11H,5-7H2,1-3H3/b12-4-. The zero-order valence-corrected chi connectivity index (χ0v) is 10.3. The number of hydrogen-bond donors (Lipinski definition) is 1. The molecule has 0 radical (unpaired) electrons. The van der Waals surface area contributed by atoms with Crippen LogP contribution in [0.15, 0.2) is 4.99 Å². The number of hydrogen-bond acceptors (Lipinski definition) is 2. The summed E-state index contributed by atoms with van der Waals surface area (Å²) in [6, 6.07) is 0.499. The molecule has 2 nitrogen and oxygen atoms in total. The predicted molar refractivity (Wildman–Crippen MR) is 64.5 cm³/mol. The first-order valence-corrected chi connectivity index (χ1v) is 5.97. The Kier molecular flexibility index (Phi) is 8.22. The van der Waals surface area contributed by atoms with E-state index in [0.29, 0.717) is 12.0 Å². The monoisotopic (exact) mass is 282 g/mol. The van der Waals surface area contributed by atoms with Crippen molar-refractivity contribution in [2.75, 3.05) is 18.0 Å². The minimum absolute atomic E-state index is 0.499. The summed E-state index contributed by atoms with van der Waals surface area (Å²) < 4.78 is 1.19. The first-order valence-electron chi connectivity index (χ1n) is 4.44. The highest BCUT2D eigenvalue weighted by molar-refractivity contribution is 14.1. The highest BCUT2D eigenvalue weighted by Crippen LogP contribution is 2.11. The molecule has 0 aromatic heterocycles. The fourth-order valence-corrected chi connectivity index (χ4v) is 1.91. The molecule has 1 N–H and O–H groups in total. The van der Waals surface area contributed by atoms with Crippen LogP contribution < -0.4 is 5.32 Å². The van der Waals surface area contributed by atoms with Gasteiger partial charge in [-0.05, 0) is 39.1 Å². The Morgan fingerprint density at radius 3 is 2.67 bits per heavy atom. The van der Waals surface area contributed by atoms with Gasteiger partial charge in [0.05, 0.1) is 6.04 Å². The molecule has 0 saturated heterocycles. The molecule has 2 atom stereocenters. The van der Waals surface area contributed by atoms with Gasteiger partial charge >= 0.3 is 0 Å². The maximum Gasteiger partial charge on any atom is 0.0540 e. The zero-order valence-electron chi connectivity index (χ0n) is 8.18. The Labute approximate surface area is 89.4 Å². The topological polar surface area (TPSA) is 24.4 Å². The van der Waals surface area contributed by atoms with Crippen molar-refractivity contribution in [3.63, 3.8) is 0 Å². The second-order valence-electron chi connectivity index (χ2n) is 2.99. The molecule has 0 fully saturated rings. The number of halogens is 1. The van der Waals surface area contributed by atoms with E-state index in [1.54, 1.807) is 0 Å². The molecule has 3 heteroatoms. The molecule has 0 saturated carbocycles. The van der Waals surface area contributed by atoms with Crippen molar-refractivity contribution in [3.8, 4) is 0 Å². The van der Waals surface area contributed by atoms with Gasteiger partial charge < -0.3 is 5.32 Å². The summed E-state index contributed by atoms with van der Waals surface area (Å²) in [5, 5.41) is 3.19. The summed E-state index contributed by atoms with van der Waals surface area (Å²) in [4.78, 5) is 4.46. The Balaban J connectivity index is 3.89. The third kappa shape index (κ3) is 5.09. The number of rotatable bonds is 6. The van der Waals surface area contributed by atoms with Crippen molar-refractivity contribution in [2.45, 2.75) is 26.3 Å². The molecular weight excluding hydrogens is 263 g/mol. The molecule has 0 heterocycles. The first kappa shape index (κ1) is 12.4. The molecule has 0 aliphatic heterocycles. The van der Waals surface area contributed by atoms with E-state index in [1.807, 2.05) is 20.2 Å². The molecule has 72 valence electrons. The van der Waals surface area contributed by atoms with Crippen molar-refractivity contribution < 1.29 is 0 Å². The number of alkyl halides is 1. The molecule has 0 aliphatic rings. The van der Waals surface area contributed by atoms with Crippen LogP contribution in [-0.2, 0) is 0 Å². The van der Waals surface area contributed by atoms with E-state index in [1.165, 1.54) is 10.8 Å². The molecule has 0 rings (SSSR count). The summed E-state index contributed by atoms with van der Waals surface area (Å²) >= 11 is 2.41. The quantitative estimate of drug-likeness (QED) is 0.450. The molecule has 0 aromatic carbocycles. The summed E-state index contributed by atoms with van der Waals surface area (Å²) in [6.07, 6.45) is 3.11. The van der Waals surface area contributed by atoms with Crippen LogP contribution in [0.5, 0.6) is 0 Å². The lowest BCUT2D eigenvalue weighted by Crippen LogP contribution is -2.26. The van der Waals surface area contributed by atoms with E-state index in [2.05, 4.69) is 39.8 Å². The average Bonchev–Trinajstić information content (AvgIpc) is 2.04. The van der Waals surface area contributed by atoms with Gasteiger partial charge in [-0.3, -0.25) is 4.99 Å². The average molecular weight is 282 g/mol. The first-order chi connectivity index (χ1) is 5.76. The Morgan fingerprint density at radius 2 is 2.25 bits per heavy atom. The second-order valence-corrected chi connectivity index (χ2v) is 4.07. The summed E-state index contributed by atoms with van der Waals surface area (Å²) in [7, 11) is 1.99. The number of aliphatic imine (C=N–C) groups is 1. The lowest BCUT2D eigenvalue weighted by Gasteiger charge is -2.18. The van der Waals surface area contributed by atoms with Gasteiger partial charge in [-0.25, -0.2) is 0 Å². The van der Waals surface area contributed by atoms with Gasteiger partial charge in [0.15, 0.2) is 0 Å². The van der Waals surface area contributed by atoms with E-state index in [9.17, 15) is 0 Å². The van der Waals surface area contributed by atoms with Crippen LogP contribution in [0.4, 0.5) is 0 Å². The van der Waals surface area contributed by atoms with Crippen LogP contribution in [0.3, 0.4) is 0 Å². The largest absolute Gasteiger partial charge is 0.319 e.